The number of benzene rings is 2. The maximum Gasteiger partial charge on any atom is 0.303 e. The number of carbonyl (C=O) groups is 3. The van der Waals surface area contributed by atoms with E-state index in [1.807, 2.05) is 13.8 Å². The minimum absolute atomic E-state index is 0.120. The molecule has 0 radical (unpaired) electrons. The molecule has 4 rings (SSSR count). The van der Waals surface area contributed by atoms with Gasteiger partial charge in [-0.15, -0.1) is 0 Å². The molecule has 1 aliphatic heterocycles. The second-order valence-corrected chi connectivity index (χ2v) is 10.1. The van der Waals surface area contributed by atoms with Crippen molar-refractivity contribution in [3.63, 3.8) is 0 Å². The standard InChI is InChI=1S/C27H29F3N2O5/c1-27(2)9-7-16-11-17(13-20(28)24(16)27)31-26(36)25-19-4-3-18(37-14-21(29)30)12-15(19)8-10-32(25)22(33)5-6-23(34)35/h3-4,11-13,21,25H,5-10,14H2,1-2H3,(H,31,36)(H,34,35). The number of aryl methyl sites for hydroxylation is 1. The van der Waals surface area contributed by atoms with Crippen LogP contribution in [0.4, 0.5) is 18.9 Å². The summed E-state index contributed by atoms with van der Waals surface area (Å²) in [5.74, 6) is -2.42. The first-order valence-electron chi connectivity index (χ1n) is 12.1. The van der Waals surface area contributed by atoms with E-state index in [0.717, 1.165) is 12.0 Å². The van der Waals surface area contributed by atoms with Crippen molar-refractivity contribution in [1.82, 2.24) is 4.90 Å². The first kappa shape index (κ1) is 26.5. The first-order valence-corrected chi connectivity index (χ1v) is 12.1. The number of amides is 2. The van der Waals surface area contributed by atoms with E-state index in [0.29, 0.717) is 29.5 Å². The number of aliphatic carboxylic acids is 1. The maximum absolute atomic E-state index is 15.0. The van der Waals surface area contributed by atoms with Crippen LogP contribution in [0.15, 0.2) is 30.3 Å². The third-order valence-electron chi connectivity index (χ3n) is 6.98. The molecular weight excluding hydrogens is 489 g/mol. The van der Waals surface area contributed by atoms with E-state index in [1.165, 1.54) is 17.0 Å². The van der Waals surface area contributed by atoms with Crippen molar-refractivity contribution in [3.8, 4) is 5.75 Å². The molecule has 10 heteroatoms. The molecule has 2 N–H and O–H groups in total. The summed E-state index contributed by atoms with van der Waals surface area (Å²) in [4.78, 5) is 38.8. The van der Waals surface area contributed by atoms with Crippen LogP contribution in [0, 0.1) is 5.82 Å². The highest BCUT2D eigenvalue weighted by atomic mass is 19.3. The number of nitrogens with zero attached hydrogens (tertiary/aromatic N) is 1. The summed E-state index contributed by atoms with van der Waals surface area (Å²) < 4.78 is 45.2. The van der Waals surface area contributed by atoms with Gasteiger partial charge in [-0.05, 0) is 71.2 Å². The van der Waals surface area contributed by atoms with Crippen LogP contribution in [0.1, 0.15) is 61.4 Å². The molecule has 0 aromatic heterocycles. The molecule has 7 nitrogen and oxygen atoms in total. The molecule has 0 fully saturated rings. The highest BCUT2D eigenvalue weighted by Gasteiger charge is 2.37. The van der Waals surface area contributed by atoms with Gasteiger partial charge in [0.1, 0.15) is 24.2 Å². The van der Waals surface area contributed by atoms with E-state index in [-0.39, 0.29) is 36.2 Å². The van der Waals surface area contributed by atoms with E-state index in [4.69, 9.17) is 9.84 Å². The van der Waals surface area contributed by atoms with Gasteiger partial charge in [0.15, 0.2) is 0 Å². The third-order valence-corrected chi connectivity index (χ3v) is 6.98. The maximum atomic E-state index is 15.0. The summed E-state index contributed by atoms with van der Waals surface area (Å²) in [6.07, 6.45) is -1.53. The summed E-state index contributed by atoms with van der Waals surface area (Å²) >= 11 is 0. The van der Waals surface area contributed by atoms with E-state index < -0.39 is 42.7 Å². The zero-order chi connectivity index (χ0) is 26.9. The molecule has 2 aromatic rings. The molecule has 1 unspecified atom stereocenters. The van der Waals surface area contributed by atoms with Gasteiger partial charge < -0.3 is 20.1 Å². The number of hydrogen-bond donors (Lipinski definition) is 2. The van der Waals surface area contributed by atoms with Gasteiger partial charge in [0.2, 0.25) is 5.91 Å². The number of alkyl halides is 2. The Labute approximate surface area is 212 Å². The molecule has 2 aromatic carbocycles. The quantitative estimate of drug-likeness (QED) is 0.532. The number of halogens is 3. The second kappa shape index (κ2) is 10.4. The number of anilines is 1. The van der Waals surface area contributed by atoms with Crippen molar-refractivity contribution in [3.05, 3.63) is 58.4 Å². The van der Waals surface area contributed by atoms with Crippen molar-refractivity contribution in [2.45, 2.75) is 63.8 Å². The van der Waals surface area contributed by atoms with Crippen molar-refractivity contribution in [2.75, 3.05) is 18.5 Å². The largest absolute Gasteiger partial charge is 0.488 e. The minimum Gasteiger partial charge on any atom is -0.488 e. The summed E-state index contributed by atoms with van der Waals surface area (Å²) in [7, 11) is 0. The molecule has 0 spiro atoms. The normalized spacial score (nSPS) is 17.8. The van der Waals surface area contributed by atoms with Crippen molar-refractivity contribution in [1.29, 1.82) is 0 Å². The van der Waals surface area contributed by atoms with Crippen molar-refractivity contribution >= 4 is 23.5 Å². The molecule has 0 bridgehead atoms. The van der Waals surface area contributed by atoms with Gasteiger partial charge in [0.25, 0.3) is 12.3 Å². The average molecular weight is 519 g/mol. The molecular formula is C27H29F3N2O5. The highest BCUT2D eigenvalue weighted by Crippen LogP contribution is 2.41. The molecule has 0 saturated carbocycles. The third kappa shape index (κ3) is 5.73. The lowest BCUT2D eigenvalue weighted by molar-refractivity contribution is -0.143. The molecule has 198 valence electrons. The van der Waals surface area contributed by atoms with E-state index in [9.17, 15) is 27.6 Å². The van der Waals surface area contributed by atoms with Gasteiger partial charge in [-0.3, -0.25) is 14.4 Å². The second-order valence-electron chi connectivity index (χ2n) is 10.1. The molecule has 0 saturated heterocycles. The number of ether oxygens (including phenoxy) is 1. The lowest BCUT2D eigenvalue weighted by Gasteiger charge is -2.36. The van der Waals surface area contributed by atoms with E-state index in [1.54, 1.807) is 18.2 Å². The van der Waals surface area contributed by atoms with Gasteiger partial charge in [-0.2, -0.15) is 0 Å². The van der Waals surface area contributed by atoms with Crippen molar-refractivity contribution < 1.29 is 37.4 Å². The number of hydrogen-bond acceptors (Lipinski definition) is 4. The van der Waals surface area contributed by atoms with Gasteiger partial charge in [-0.25, -0.2) is 13.2 Å². The Morgan fingerprint density at radius 1 is 1.14 bits per heavy atom. The van der Waals surface area contributed by atoms with Crippen LogP contribution in [0.5, 0.6) is 5.75 Å². The smallest absolute Gasteiger partial charge is 0.303 e. The van der Waals surface area contributed by atoms with E-state index >= 15 is 0 Å². The Balaban J connectivity index is 1.64. The molecule has 1 atom stereocenters. The van der Waals surface area contributed by atoms with Gasteiger partial charge >= 0.3 is 5.97 Å². The molecule has 2 aliphatic rings. The first-order chi connectivity index (χ1) is 17.5. The Kier molecular flexibility index (Phi) is 7.47. The molecule has 2 amide bonds. The fraction of sp³-hybridized carbons (Fsp3) is 0.444. The Bertz CT molecular complexity index is 1230. The summed E-state index contributed by atoms with van der Waals surface area (Å²) in [6.45, 7) is 3.29. The Hall–Kier alpha value is -3.56. The lowest BCUT2D eigenvalue weighted by atomic mass is 9.86. The number of rotatable bonds is 8. The SMILES string of the molecule is CC1(C)CCc2cc(NC(=O)C3c4ccc(OCC(F)F)cc4CCN3C(=O)CCC(=O)O)cc(F)c21. The van der Waals surface area contributed by atoms with Crippen LogP contribution in [-0.2, 0) is 32.6 Å². The van der Waals surface area contributed by atoms with Gasteiger partial charge in [-0.1, -0.05) is 19.9 Å². The zero-order valence-electron chi connectivity index (χ0n) is 20.7. The van der Waals surface area contributed by atoms with Crippen LogP contribution in [-0.4, -0.2) is 47.4 Å². The highest BCUT2D eigenvalue weighted by molar-refractivity contribution is 5.98. The molecule has 37 heavy (non-hydrogen) atoms. The zero-order valence-corrected chi connectivity index (χ0v) is 20.7. The van der Waals surface area contributed by atoms with Crippen molar-refractivity contribution in [2.24, 2.45) is 0 Å². The topological polar surface area (TPSA) is 95.9 Å². The average Bonchev–Trinajstić information content (AvgIpc) is 3.14. The number of nitrogens with one attached hydrogen (secondary N) is 1. The van der Waals surface area contributed by atoms with E-state index in [2.05, 4.69) is 5.32 Å². The predicted octanol–water partition coefficient (Wildman–Crippen LogP) is 4.62. The lowest BCUT2D eigenvalue weighted by Crippen LogP contribution is -2.45. The number of carboxylic acid groups (broad SMARTS) is 1. The van der Waals surface area contributed by atoms with Crippen LogP contribution in [0.2, 0.25) is 0 Å². The Morgan fingerprint density at radius 2 is 1.89 bits per heavy atom. The summed E-state index contributed by atoms with van der Waals surface area (Å²) in [5, 5.41) is 11.7. The number of fused-ring (bicyclic) bond motifs is 2. The molecule has 1 aliphatic carbocycles. The number of carbonyl (C=O) groups excluding carboxylic acids is 2. The van der Waals surface area contributed by atoms with Crippen LogP contribution in [0.25, 0.3) is 0 Å². The number of carboxylic acids is 1. The fourth-order valence-corrected chi connectivity index (χ4v) is 5.23. The van der Waals surface area contributed by atoms with Crippen LogP contribution < -0.4 is 10.1 Å². The van der Waals surface area contributed by atoms with Gasteiger partial charge in [0, 0.05) is 18.7 Å². The minimum atomic E-state index is -2.64. The van der Waals surface area contributed by atoms with Crippen LogP contribution in [0.3, 0.4) is 0 Å². The summed E-state index contributed by atoms with van der Waals surface area (Å²) in [6, 6.07) is 6.46. The predicted molar refractivity (Wildman–Crippen MR) is 129 cm³/mol. The fourth-order valence-electron chi connectivity index (χ4n) is 5.23. The van der Waals surface area contributed by atoms with Crippen LogP contribution >= 0.6 is 0 Å². The monoisotopic (exact) mass is 518 g/mol. The van der Waals surface area contributed by atoms with Gasteiger partial charge in [0.05, 0.1) is 6.42 Å². The molecule has 1 heterocycles. The summed E-state index contributed by atoms with van der Waals surface area (Å²) in [5.41, 5.74) is 2.54. The Morgan fingerprint density at radius 3 is 2.59 bits per heavy atom.